The van der Waals surface area contributed by atoms with Crippen LogP contribution in [-0.4, -0.2) is 35.7 Å². The van der Waals surface area contributed by atoms with Crippen LogP contribution in [0.5, 0.6) is 11.5 Å². The summed E-state index contributed by atoms with van der Waals surface area (Å²) in [6.07, 6.45) is 1.87. The topological polar surface area (TPSA) is 51.1 Å². The highest BCUT2D eigenvalue weighted by molar-refractivity contribution is 9.10. The van der Waals surface area contributed by atoms with Crippen molar-refractivity contribution in [3.05, 3.63) is 61.9 Å². The van der Waals surface area contributed by atoms with Crippen LogP contribution in [0.25, 0.3) is 6.08 Å². The molecule has 1 amide bonds. The molecule has 0 N–H and O–H groups in total. The number of rotatable bonds is 8. The fourth-order valence-corrected chi connectivity index (χ4v) is 4.81. The highest BCUT2D eigenvalue weighted by Gasteiger charge is 2.31. The van der Waals surface area contributed by atoms with Gasteiger partial charge in [0.1, 0.15) is 6.61 Å². The Morgan fingerprint density at radius 3 is 2.55 bits per heavy atom. The summed E-state index contributed by atoms with van der Waals surface area (Å²) in [6, 6.07) is 11.3. The molecule has 1 aliphatic rings. The summed E-state index contributed by atoms with van der Waals surface area (Å²) in [5.41, 5.74) is 1.85. The highest BCUT2D eigenvalue weighted by atomic mass is 79.9. The molecule has 0 radical (unpaired) electrons. The number of amides is 1. The number of aliphatic imine (C=N–C) groups is 1. The third-order valence-corrected chi connectivity index (χ3v) is 6.31. The second kappa shape index (κ2) is 11.1. The second-order valence-electron chi connectivity index (χ2n) is 6.60. The van der Waals surface area contributed by atoms with Gasteiger partial charge in [0.25, 0.3) is 5.91 Å². The van der Waals surface area contributed by atoms with Crippen LogP contribution >= 0.6 is 39.3 Å². The van der Waals surface area contributed by atoms with E-state index in [1.165, 1.54) is 11.8 Å². The van der Waals surface area contributed by atoms with E-state index in [-0.39, 0.29) is 5.91 Å². The number of hydrogen-bond acceptors (Lipinski definition) is 5. The molecule has 0 aromatic heterocycles. The van der Waals surface area contributed by atoms with Gasteiger partial charge in [-0.15, -0.1) is 0 Å². The van der Waals surface area contributed by atoms with Crippen LogP contribution in [0, 0.1) is 0 Å². The van der Waals surface area contributed by atoms with Gasteiger partial charge in [-0.1, -0.05) is 23.7 Å². The Morgan fingerprint density at radius 2 is 1.90 bits per heavy atom. The van der Waals surface area contributed by atoms with E-state index < -0.39 is 0 Å². The molecular weight excluding hydrogens is 500 g/mol. The smallest absolute Gasteiger partial charge is 0.266 e. The number of likely N-dealkylation sites (N-methyl/N-ethyl adjacent to an activating group) is 1. The number of ether oxygens (including phenoxy) is 2. The van der Waals surface area contributed by atoms with Gasteiger partial charge in [-0.2, -0.15) is 0 Å². The minimum Gasteiger partial charge on any atom is -0.490 e. The molecule has 0 saturated carbocycles. The summed E-state index contributed by atoms with van der Waals surface area (Å²) in [5, 5.41) is 1.43. The Kier molecular flexibility index (Phi) is 8.46. The molecule has 0 unspecified atom stereocenters. The van der Waals surface area contributed by atoms with Crippen molar-refractivity contribution >= 4 is 56.4 Å². The summed E-state index contributed by atoms with van der Waals surface area (Å²) in [4.78, 5) is 19.5. The average Bonchev–Trinajstić information content (AvgIpc) is 3.03. The van der Waals surface area contributed by atoms with E-state index in [9.17, 15) is 4.79 Å². The fourth-order valence-electron chi connectivity index (χ4n) is 3.00. The Balaban J connectivity index is 1.87. The summed E-state index contributed by atoms with van der Waals surface area (Å²) < 4.78 is 12.6. The van der Waals surface area contributed by atoms with Crippen LogP contribution in [0.3, 0.4) is 0 Å². The van der Waals surface area contributed by atoms with Crippen molar-refractivity contribution < 1.29 is 14.3 Å². The number of benzene rings is 2. The SMILES string of the molecule is CCN=C1SC(=Cc2cc(Br)c(OCc3ccc(Cl)cc3)c(OCC)c2)C(=O)N1CC. The largest absolute Gasteiger partial charge is 0.490 e. The Labute approximate surface area is 200 Å². The van der Waals surface area contributed by atoms with Gasteiger partial charge in [0, 0.05) is 18.1 Å². The molecule has 0 aliphatic carbocycles. The lowest BCUT2D eigenvalue weighted by Crippen LogP contribution is -2.28. The first-order chi connectivity index (χ1) is 15.0. The van der Waals surface area contributed by atoms with Gasteiger partial charge in [0.15, 0.2) is 16.7 Å². The Hall–Kier alpha value is -1.96. The fraction of sp³-hybridized carbons (Fsp3) is 0.304. The first-order valence-corrected chi connectivity index (χ1v) is 12.0. The van der Waals surface area contributed by atoms with Gasteiger partial charge in [0.05, 0.1) is 16.0 Å². The molecule has 8 heteroatoms. The van der Waals surface area contributed by atoms with E-state index in [1.54, 1.807) is 4.90 Å². The van der Waals surface area contributed by atoms with Crippen molar-refractivity contribution in [2.45, 2.75) is 27.4 Å². The predicted molar refractivity (Wildman–Crippen MR) is 132 cm³/mol. The predicted octanol–water partition coefficient (Wildman–Crippen LogP) is 6.39. The standard InChI is InChI=1S/C23H24BrClN2O3S/c1-4-26-23-27(5-2)22(28)20(31-23)13-16-11-18(24)21(19(12-16)29-6-3)30-14-15-7-9-17(25)10-8-15/h7-13H,4-6,14H2,1-3H3. The molecule has 1 aliphatic heterocycles. The van der Waals surface area contributed by atoms with Crippen LogP contribution in [0.2, 0.25) is 5.02 Å². The van der Waals surface area contributed by atoms with E-state index in [4.69, 9.17) is 21.1 Å². The van der Waals surface area contributed by atoms with Crippen molar-refractivity contribution in [1.29, 1.82) is 0 Å². The lowest BCUT2D eigenvalue weighted by atomic mass is 10.1. The van der Waals surface area contributed by atoms with Gasteiger partial charge >= 0.3 is 0 Å². The van der Waals surface area contributed by atoms with E-state index in [2.05, 4.69) is 20.9 Å². The maximum atomic E-state index is 12.8. The average molecular weight is 524 g/mol. The number of carbonyl (C=O) groups excluding carboxylic acids is 1. The van der Waals surface area contributed by atoms with Gasteiger partial charge in [-0.25, -0.2) is 0 Å². The van der Waals surface area contributed by atoms with Crippen LogP contribution in [-0.2, 0) is 11.4 Å². The van der Waals surface area contributed by atoms with E-state index in [1.807, 2.05) is 63.2 Å². The van der Waals surface area contributed by atoms with Gasteiger partial charge < -0.3 is 9.47 Å². The summed E-state index contributed by atoms with van der Waals surface area (Å²) in [7, 11) is 0. The summed E-state index contributed by atoms with van der Waals surface area (Å²) in [6.45, 7) is 7.93. The Bertz CT molecular complexity index is 1010. The molecule has 1 fully saturated rings. The second-order valence-corrected chi connectivity index (χ2v) is 8.89. The number of nitrogens with zero attached hydrogens (tertiary/aromatic N) is 2. The molecular formula is C23H24BrClN2O3S. The lowest BCUT2D eigenvalue weighted by molar-refractivity contribution is -0.122. The first kappa shape index (κ1) is 23.7. The molecule has 0 atom stereocenters. The molecule has 164 valence electrons. The number of amidine groups is 1. The number of hydrogen-bond donors (Lipinski definition) is 0. The summed E-state index contributed by atoms with van der Waals surface area (Å²) in [5.74, 6) is 1.20. The van der Waals surface area contributed by atoms with E-state index in [0.29, 0.717) is 47.7 Å². The number of thioether (sulfide) groups is 1. The maximum Gasteiger partial charge on any atom is 0.266 e. The number of carbonyl (C=O) groups is 1. The van der Waals surface area contributed by atoms with E-state index >= 15 is 0 Å². The van der Waals surface area contributed by atoms with E-state index in [0.717, 1.165) is 20.8 Å². The molecule has 2 aromatic carbocycles. The molecule has 5 nitrogen and oxygen atoms in total. The quantitative estimate of drug-likeness (QED) is 0.376. The van der Waals surface area contributed by atoms with Crippen molar-refractivity contribution in [3.63, 3.8) is 0 Å². The zero-order valence-corrected chi connectivity index (χ0v) is 20.8. The van der Waals surface area contributed by atoms with Crippen molar-refractivity contribution in [2.75, 3.05) is 19.7 Å². The van der Waals surface area contributed by atoms with Crippen LogP contribution in [0.4, 0.5) is 0 Å². The molecule has 0 spiro atoms. The molecule has 1 saturated heterocycles. The molecule has 31 heavy (non-hydrogen) atoms. The van der Waals surface area contributed by atoms with Crippen molar-refractivity contribution in [2.24, 2.45) is 4.99 Å². The zero-order chi connectivity index (χ0) is 22.4. The van der Waals surface area contributed by atoms with Crippen molar-refractivity contribution in [3.8, 4) is 11.5 Å². The summed E-state index contributed by atoms with van der Waals surface area (Å²) >= 11 is 10.9. The highest BCUT2D eigenvalue weighted by Crippen LogP contribution is 2.39. The van der Waals surface area contributed by atoms with Gasteiger partial charge in [-0.05, 0) is 89.9 Å². The maximum absolute atomic E-state index is 12.8. The van der Waals surface area contributed by atoms with Crippen LogP contribution < -0.4 is 9.47 Å². The van der Waals surface area contributed by atoms with Crippen molar-refractivity contribution in [1.82, 2.24) is 4.90 Å². The molecule has 0 bridgehead atoms. The lowest BCUT2D eigenvalue weighted by Gasteiger charge is -2.15. The minimum atomic E-state index is -0.0307. The zero-order valence-electron chi connectivity index (χ0n) is 17.7. The third-order valence-electron chi connectivity index (χ3n) is 4.42. The third kappa shape index (κ3) is 5.84. The minimum absolute atomic E-state index is 0.0307. The Morgan fingerprint density at radius 1 is 1.16 bits per heavy atom. The van der Waals surface area contributed by atoms with Gasteiger partial charge in [0.2, 0.25) is 0 Å². The van der Waals surface area contributed by atoms with Crippen LogP contribution in [0.1, 0.15) is 31.9 Å². The normalized spacial score (nSPS) is 16.4. The first-order valence-electron chi connectivity index (χ1n) is 10.1. The molecule has 2 aromatic rings. The van der Waals surface area contributed by atoms with Crippen LogP contribution in [0.15, 0.2) is 50.8 Å². The molecule has 3 rings (SSSR count). The van der Waals surface area contributed by atoms with Gasteiger partial charge in [-0.3, -0.25) is 14.7 Å². The number of halogens is 2. The monoisotopic (exact) mass is 522 g/mol. The molecule has 1 heterocycles.